The SMILES string of the molecule is Cc1c(N)[nH]n(-c2ccccc2)c1=O. The number of nitrogens with two attached hydrogens (primary N) is 1. The number of nitrogen functional groups attached to an aromatic ring is 1. The first kappa shape index (κ1) is 8.62. The van der Waals surface area contributed by atoms with Crippen LogP contribution in [0.25, 0.3) is 5.69 Å². The molecular formula is C10H11N3O. The van der Waals surface area contributed by atoms with Gasteiger partial charge in [0.25, 0.3) is 5.56 Å². The van der Waals surface area contributed by atoms with Crippen LogP contribution in [0.2, 0.25) is 0 Å². The molecule has 0 unspecified atom stereocenters. The molecule has 0 aliphatic heterocycles. The zero-order chi connectivity index (χ0) is 10.1. The summed E-state index contributed by atoms with van der Waals surface area (Å²) in [7, 11) is 0. The van der Waals surface area contributed by atoms with E-state index in [4.69, 9.17) is 5.73 Å². The molecule has 0 radical (unpaired) electrons. The van der Waals surface area contributed by atoms with Crippen molar-refractivity contribution in [2.75, 3.05) is 5.73 Å². The van der Waals surface area contributed by atoms with Gasteiger partial charge in [-0.1, -0.05) is 18.2 Å². The summed E-state index contributed by atoms with van der Waals surface area (Å²) in [6, 6.07) is 9.32. The Morgan fingerprint density at radius 3 is 2.43 bits per heavy atom. The molecule has 0 saturated carbocycles. The van der Waals surface area contributed by atoms with Crippen molar-refractivity contribution in [3.63, 3.8) is 0 Å². The first-order chi connectivity index (χ1) is 6.70. The molecule has 1 aromatic carbocycles. The molecule has 0 bridgehead atoms. The predicted molar refractivity (Wildman–Crippen MR) is 55.5 cm³/mol. The Morgan fingerprint density at radius 1 is 1.29 bits per heavy atom. The van der Waals surface area contributed by atoms with Gasteiger partial charge in [-0.15, -0.1) is 0 Å². The lowest BCUT2D eigenvalue weighted by Gasteiger charge is -1.99. The highest BCUT2D eigenvalue weighted by molar-refractivity contribution is 5.40. The summed E-state index contributed by atoms with van der Waals surface area (Å²) >= 11 is 0. The van der Waals surface area contributed by atoms with Crippen LogP contribution >= 0.6 is 0 Å². The summed E-state index contributed by atoms with van der Waals surface area (Å²) in [5, 5.41) is 2.81. The molecule has 0 saturated heterocycles. The van der Waals surface area contributed by atoms with Gasteiger partial charge in [0.05, 0.1) is 11.3 Å². The molecule has 2 aromatic rings. The van der Waals surface area contributed by atoms with E-state index in [1.807, 2.05) is 30.3 Å². The van der Waals surface area contributed by atoms with Gasteiger partial charge in [0, 0.05) is 0 Å². The van der Waals surface area contributed by atoms with Crippen molar-refractivity contribution >= 4 is 5.82 Å². The average molecular weight is 189 g/mol. The first-order valence-corrected chi connectivity index (χ1v) is 4.32. The van der Waals surface area contributed by atoms with Crippen LogP contribution in [0.15, 0.2) is 35.1 Å². The number of anilines is 1. The van der Waals surface area contributed by atoms with Gasteiger partial charge in [-0.05, 0) is 19.1 Å². The van der Waals surface area contributed by atoms with E-state index in [0.717, 1.165) is 5.69 Å². The molecule has 0 spiro atoms. The third-order valence-electron chi connectivity index (χ3n) is 2.17. The van der Waals surface area contributed by atoms with E-state index < -0.39 is 0 Å². The van der Waals surface area contributed by atoms with Gasteiger partial charge < -0.3 is 5.73 Å². The smallest absolute Gasteiger partial charge is 0.276 e. The average Bonchev–Trinajstić information content (AvgIpc) is 2.47. The first-order valence-electron chi connectivity index (χ1n) is 4.32. The molecule has 0 amide bonds. The quantitative estimate of drug-likeness (QED) is 0.704. The summed E-state index contributed by atoms with van der Waals surface area (Å²) in [5.74, 6) is 0.416. The lowest BCUT2D eigenvalue weighted by atomic mass is 10.3. The summed E-state index contributed by atoms with van der Waals surface area (Å²) in [4.78, 5) is 11.6. The molecule has 72 valence electrons. The minimum atomic E-state index is -0.103. The predicted octanol–water partition coefficient (Wildman–Crippen LogP) is 1.06. The lowest BCUT2D eigenvalue weighted by Crippen LogP contribution is -2.15. The fourth-order valence-corrected chi connectivity index (χ4v) is 1.30. The number of aromatic nitrogens is 2. The maximum atomic E-state index is 11.6. The number of nitrogens with one attached hydrogen (secondary N) is 1. The van der Waals surface area contributed by atoms with Crippen molar-refractivity contribution in [1.29, 1.82) is 0 Å². The van der Waals surface area contributed by atoms with E-state index in [9.17, 15) is 4.79 Å². The Bertz CT molecular complexity index is 496. The molecule has 0 atom stereocenters. The van der Waals surface area contributed by atoms with E-state index >= 15 is 0 Å². The highest BCUT2D eigenvalue weighted by atomic mass is 16.1. The molecule has 3 N–H and O–H groups in total. The summed E-state index contributed by atoms with van der Waals surface area (Å²) < 4.78 is 1.44. The van der Waals surface area contributed by atoms with Gasteiger partial charge in [-0.3, -0.25) is 9.89 Å². The van der Waals surface area contributed by atoms with Crippen molar-refractivity contribution in [2.24, 2.45) is 0 Å². The minimum Gasteiger partial charge on any atom is -0.384 e. The highest BCUT2D eigenvalue weighted by Crippen LogP contribution is 2.06. The van der Waals surface area contributed by atoms with Crippen LogP contribution < -0.4 is 11.3 Å². The van der Waals surface area contributed by atoms with Gasteiger partial charge in [-0.2, -0.15) is 0 Å². The molecule has 1 heterocycles. The van der Waals surface area contributed by atoms with Gasteiger partial charge in [0.2, 0.25) is 0 Å². The molecule has 4 heteroatoms. The molecule has 0 fully saturated rings. The normalized spacial score (nSPS) is 10.4. The van der Waals surface area contributed by atoms with Crippen LogP contribution in [-0.2, 0) is 0 Å². The van der Waals surface area contributed by atoms with Crippen LogP contribution in [0, 0.1) is 6.92 Å². The number of nitrogens with zero attached hydrogens (tertiary/aromatic N) is 1. The summed E-state index contributed by atoms with van der Waals surface area (Å²) in [6.07, 6.45) is 0. The lowest BCUT2D eigenvalue weighted by molar-refractivity contribution is 0.852. The summed E-state index contributed by atoms with van der Waals surface area (Å²) in [6.45, 7) is 1.70. The number of H-pyrrole nitrogens is 1. The second-order valence-corrected chi connectivity index (χ2v) is 3.13. The van der Waals surface area contributed by atoms with Crippen molar-refractivity contribution < 1.29 is 0 Å². The monoisotopic (exact) mass is 189 g/mol. The number of aromatic amines is 1. The van der Waals surface area contributed by atoms with Gasteiger partial charge in [-0.25, -0.2) is 4.68 Å². The zero-order valence-corrected chi connectivity index (χ0v) is 7.82. The standard InChI is InChI=1S/C10H11N3O/c1-7-9(11)12-13(10(7)14)8-5-3-2-4-6-8/h2-6,12H,11H2,1H3. The third kappa shape index (κ3) is 1.21. The van der Waals surface area contributed by atoms with Crippen LogP contribution in [0.4, 0.5) is 5.82 Å². The fraction of sp³-hybridized carbons (Fsp3) is 0.100. The zero-order valence-electron chi connectivity index (χ0n) is 7.82. The van der Waals surface area contributed by atoms with Gasteiger partial charge in [0.15, 0.2) is 0 Å². The van der Waals surface area contributed by atoms with Crippen LogP contribution in [-0.4, -0.2) is 9.78 Å². The Balaban J connectivity index is 2.64. The third-order valence-corrected chi connectivity index (χ3v) is 2.17. The number of rotatable bonds is 1. The van der Waals surface area contributed by atoms with Crippen LogP contribution in [0.5, 0.6) is 0 Å². The number of hydrogen-bond donors (Lipinski definition) is 2. The molecule has 14 heavy (non-hydrogen) atoms. The largest absolute Gasteiger partial charge is 0.384 e. The Morgan fingerprint density at radius 2 is 1.93 bits per heavy atom. The molecule has 2 rings (SSSR count). The van der Waals surface area contributed by atoms with Crippen molar-refractivity contribution in [3.8, 4) is 5.69 Å². The topological polar surface area (TPSA) is 63.8 Å². The second kappa shape index (κ2) is 3.06. The molecule has 4 nitrogen and oxygen atoms in total. The minimum absolute atomic E-state index is 0.103. The van der Waals surface area contributed by atoms with Crippen molar-refractivity contribution in [3.05, 3.63) is 46.2 Å². The van der Waals surface area contributed by atoms with E-state index in [1.165, 1.54) is 4.68 Å². The Kier molecular flexibility index (Phi) is 1.89. The van der Waals surface area contributed by atoms with E-state index in [1.54, 1.807) is 6.92 Å². The van der Waals surface area contributed by atoms with E-state index in [-0.39, 0.29) is 5.56 Å². The number of hydrogen-bond acceptors (Lipinski definition) is 2. The van der Waals surface area contributed by atoms with Crippen molar-refractivity contribution in [1.82, 2.24) is 9.78 Å². The highest BCUT2D eigenvalue weighted by Gasteiger charge is 2.07. The Hall–Kier alpha value is -1.97. The Labute approximate surface area is 81.0 Å². The van der Waals surface area contributed by atoms with E-state index in [0.29, 0.717) is 11.4 Å². The number of benzene rings is 1. The molecular weight excluding hydrogens is 178 g/mol. The molecule has 1 aromatic heterocycles. The van der Waals surface area contributed by atoms with Crippen LogP contribution in [0.3, 0.4) is 0 Å². The maximum Gasteiger partial charge on any atom is 0.276 e. The van der Waals surface area contributed by atoms with Crippen molar-refractivity contribution in [2.45, 2.75) is 6.92 Å². The maximum absolute atomic E-state index is 11.6. The molecule has 0 aliphatic carbocycles. The van der Waals surface area contributed by atoms with Gasteiger partial charge in [0.1, 0.15) is 5.82 Å². The molecule has 0 aliphatic rings. The van der Waals surface area contributed by atoms with Gasteiger partial charge >= 0.3 is 0 Å². The fourth-order valence-electron chi connectivity index (χ4n) is 1.30. The number of para-hydroxylation sites is 1. The van der Waals surface area contributed by atoms with Crippen LogP contribution in [0.1, 0.15) is 5.56 Å². The second-order valence-electron chi connectivity index (χ2n) is 3.13. The summed E-state index contributed by atoms with van der Waals surface area (Å²) in [5.41, 5.74) is 6.84. The van der Waals surface area contributed by atoms with E-state index in [2.05, 4.69) is 5.10 Å².